The number of amides is 1. The lowest BCUT2D eigenvalue weighted by Gasteiger charge is -2.05. The van der Waals surface area contributed by atoms with Crippen molar-refractivity contribution in [3.63, 3.8) is 0 Å². The third kappa shape index (κ3) is 4.35. The number of hydrogen-bond donors (Lipinski definition) is 1. The van der Waals surface area contributed by atoms with E-state index in [1.807, 2.05) is 27.0 Å². The summed E-state index contributed by atoms with van der Waals surface area (Å²) in [5.41, 5.74) is 5.65. The van der Waals surface area contributed by atoms with E-state index in [4.69, 9.17) is 9.47 Å². The molecule has 0 aliphatic heterocycles. The molecule has 6 nitrogen and oxygen atoms in total. The summed E-state index contributed by atoms with van der Waals surface area (Å²) in [6, 6.07) is 9.04. The number of ether oxygens (including phenoxy) is 2. The van der Waals surface area contributed by atoms with Crippen molar-refractivity contribution in [1.82, 2.24) is 9.99 Å². The molecule has 0 aliphatic rings. The average Bonchev–Trinajstić information content (AvgIpc) is 2.80. The Labute approximate surface area is 135 Å². The fourth-order valence-electron chi connectivity index (χ4n) is 2.04. The lowest BCUT2D eigenvalue weighted by atomic mass is 10.3. The van der Waals surface area contributed by atoms with Crippen LogP contribution in [0.5, 0.6) is 11.5 Å². The Bertz CT molecular complexity index is 703. The molecular formula is C17H21N3O3. The SMILES string of the molecule is COc1ccc(OCC(=O)N/N=C/c2cc(C)n(C)c2C)cc1. The first-order valence-electron chi connectivity index (χ1n) is 7.23. The van der Waals surface area contributed by atoms with Crippen molar-refractivity contribution in [3.8, 4) is 11.5 Å². The first-order chi connectivity index (χ1) is 11.0. The molecule has 0 spiro atoms. The van der Waals surface area contributed by atoms with Gasteiger partial charge in [-0.15, -0.1) is 0 Å². The van der Waals surface area contributed by atoms with Gasteiger partial charge in [-0.2, -0.15) is 5.10 Å². The maximum absolute atomic E-state index is 11.7. The summed E-state index contributed by atoms with van der Waals surface area (Å²) in [4.78, 5) is 11.7. The van der Waals surface area contributed by atoms with E-state index in [2.05, 4.69) is 15.1 Å². The number of carbonyl (C=O) groups excluding carboxylic acids is 1. The molecule has 1 N–H and O–H groups in total. The number of aryl methyl sites for hydroxylation is 1. The number of carbonyl (C=O) groups is 1. The van der Waals surface area contributed by atoms with Crippen LogP contribution < -0.4 is 14.9 Å². The first-order valence-corrected chi connectivity index (χ1v) is 7.23. The van der Waals surface area contributed by atoms with Crippen LogP contribution in [-0.2, 0) is 11.8 Å². The molecule has 0 atom stereocenters. The smallest absolute Gasteiger partial charge is 0.277 e. The van der Waals surface area contributed by atoms with Crippen LogP contribution in [0.2, 0.25) is 0 Å². The fraction of sp³-hybridized carbons (Fsp3) is 0.294. The van der Waals surface area contributed by atoms with Gasteiger partial charge in [0.25, 0.3) is 5.91 Å². The van der Waals surface area contributed by atoms with Crippen molar-refractivity contribution in [2.24, 2.45) is 12.1 Å². The molecule has 0 bridgehead atoms. The molecule has 2 rings (SSSR count). The Hall–Kier alpha value is -2.76. The third-order valence-electron chi connectivity index (χ3n) is 3.64. The van der Waals surface area contributed by atoms with E-state index in [0.29, 0.717) is 5.75 Å². The summed E-state index contributed by atoms with van der Waals surface area (Å²) in [7, 11) is 3.58. The van der Waals surface area contributed by atoms with Crippen LogP contribution in [0, 0.1) is 13.8 Å². The molecule has 0 saturated heterocycles. The van der Waals surface area contributed by atoms with Gasteiger partial charge in [0.1, 0.15) is 11.5 Å². The second kappa shape index (κ2) is 7.49. The Morgan fingerprint density at radius 1 is 1.26 bits per heavy atom. The van der Waals surface area contributed by atoms with Gasteiger partial charge in [-0.3, -0.25) is 4.79 Å². The van der Waals surface area contributed by atoms with Crippen molar-refractivity contribution in [3.05, 3.63) is 47.3 Å². The van der Waals surface area contributed by atoms with Crippen LogP contribution in [0.4, 0.5) is 0 Å². The van der Waals surface area contributed by atoms with Gasteiger partial charge in [0.15, 0.2) is 6.61 Å². The van der Waals surface area contributed by atoms with E-state index in [0.717, 1.165) is 22.7 Å². The van der Waals surface area contributed by atoms with Crippen molar-refractivity contribution >= 4 is 12.1 Å². The standard InChI is InChI=1S/C17H21N3O3/c1-12-9-14(13(2)20(12)3)10-18-19-17(21)11-23-16-7-5-15(22-4)6-8-16/h5-10H,11H2,1-4H3,(H,19,21)/b18-10+. The lowest BCUT2D eigenvalue weighted by Crippen LogP contribution is -2.24. The molecule has 1 heterocycles. The highest BCUT2D eigenvalue weighted by Crippen LogP contribution is 2.16. The van der Waals surface area contributed by atoms with Gasteiger partial charge in [0, 0.05) is 24.0 Å². The summed E-state index contributed by atoms with van der Waals surface area (Å²) in [6.45, 7) is 3.92. The molecule has 0 aliphatic carbocycles. The van der Waals surface area contributed by atoms with Crippen LogP contribution >= 0.6 is 0 Å². The molecule has 23 heavy (non-hydrogen) atoms. The largest absolute Gasteiger partial charge is 0.497 e. The quantitative estimate of drug-likeness (QED) is 0.656. The second-order valence-electron chi connectivity index (χ2n) is 5.14. The van der Waals surface area contributed by atoms with E-state index in [9.17, 15) is 4.79 Å². The van der Waals surface area contributed by atoms with Crippen LogP contribution in [0.3, 0.4) is 0 Å². The number of methoxy groups -OCH3 is 1. The van der Waals surface area contributed by atoms with E-state index in [1.54, 1.807) is 37.6 Å². The maximum atomic E-state index is 11.7. The normalized spacial score (nSPS) is 10.8. The van der Waals surface area contributed by atoms with E-state index < -0.39 is 0 Å². The highest BCUT2D eigenvalue weighted by molar-refractivity contribution is 5.84. The molecule has 0 radical (unpaired) electrons. The Morgan fingerprint density at radius 2 is 1.91 bits per heavy atom. The number of hydrogen-bond acceptors (Lipinski definition) is 4. The van der Waals surface area contributed by atoms with Crippen molar-refractivity contribution in [1.29, 1.82) is 0 Å². The maximum Gasteiger partial charge on any atom is 0.277 e. The van der Waals surface area contributed by atoms with Gasteiger partial charge in [0.2, 0.25) is 0 Å². The van der Waals surface area contributed by atoms with E-state index in [-0.39, 0.29) is 12.5 Å². The number of benzene rings is 1. The van der Waals surface area contributed by atoms with Crippen molar-refractivity contribution in [2.45, 2.75) is 13.8 Å². The molecule has 0 saturated carbocycles. The summed E-state index contributed by atoms with van der Waals surface area (Å²) < 4.78 is 12.5. The molecule has 0 unspecified atom stereocenters. The highest BCUT2D eigenvalue weighted by Gasteiger charge is 2.04. The number of nitrogens with zero attached hydrogens (tertiary/aromatic N) is 2. The van der Waals surface area contributed by atoms with Gasteiger partial charge in [0.05, 0.1) is 13.3 Å². The molecule has 1 aromatic heterocycles. The van der Waals surface area contributed by atoms with Crippen LogP contribution in [-0.4, -0.2) is 30.4 Å². The number of rotatable bonds is 6. The van der Waals surface area contributed by atoms with Gasteiger partial charge in [-0.1, -0.05) is 0 Å². The fourth-order valence-corrected chi connectivity index (χ4v) is 2.04. The van der Waals surface area contributed by atoms with Gasteiger partial charge >= 0.3 is 0 Å². The zero-order chi connectivity index (χ0) is 16.8. The summed E-state index contributed by atoms with van der Waals surface area (Å²) in [5.74, 6) is 1.02. The molecule has 0 fully saturated rings. The zero-order valence-electron chi connectivity index (χ0n) is 13.8. The number of nitrogens with one attached hydrogen (secondary N) is 1. The Morgan fingerprint density at radius 3 is 2.48 bits per heavy atom. The third-order valence-corrected chi connectivity index (χ3v) is 3.64. The molecule has 122 valence electrons. The second-order valence-corrected chi connectivity index (χ2v) is 5.14. The topological polar surface area (TPSA) is 64.8 Å². The molecule has 1 amide bonds. The molecule has 2 aromatic rings. The molecular weight excluding hydrogens is 294 g/mol. The Kier molecular flexibility index (Phi) is 5.41. The molecule has 1 aromatic carbocycles. The molecule has 6 heteroatoms. The van der Waals surface area contributed by atoms with E-state index in [1.165, 1.54) is 0 Å². The zero-order valence-corrected chi connectivity index (χ0v) is 13.8. The van der Waals surface area contributed by atoms with E-state index >= 15 is 0 Å². The Balaban J connectivity index is 1.82. The van der Waals surface area contributed by atoms with Gasteiger partial charge in [-0.05, 0) is 44.2 Å². The summed E-state index contributed by atoms with van der Waals surface area (Å²) in [6.07, 6.45) is 1.63. The lowest BCUT2D eigenvalue weighted by molar-refractivity contribution is -0.123. The van der Waals surface area contributed by atoms with Crippen molar-refractivity contribution in [2.75, 3.05) is 13.7 Å². The minimum absolute atomic E-state index is 0.101. The van der Waals surface area contributed by atoms with Gasteiger partial charge in [-0.25, -0.2) is 5.43 Å². The minimum atomic E-state index is -0.317. The summed E-state index contributed by atoms with van der Waals surface area (Å²) >= 11 is 0. The first kappa shape index (κ1) is 16.6. The number of hydrazone groups is 1. The average molecular weight is 315 g/mol. The predicted octanol–water partition coefficient (Wildman–Crippen LogP) is 2.18. The van der Waals surface area contributed by atoms with Crippen LogP contribution in [0.1, 0.15) is 17.0 Å². The van der Waals surface area contributed by atoms with Crippen LogP contribution in [0.15, 0.2) is 35.4 Å². The number of aromatic nitrogens is 1. The predicted molar refractivity (Wildman–Crippen MR) is 89.1 cm³/mol. The highest BCUT2D eigenvalue weighted by atomic mass is 16.5. The van der Waals surface area contributed by atoms with Crippen molar-refractivity contribution < 1.29 is 14.3 Å². The van der Waals surface area contributed by atoms with Crippen LogP contribution in [0.25, 0.3) is 0 Å². The monoisotopic (exact) mass is 315 g/mol. The summed E-state index contributed by atoms with van der Waals surface area (Å²) in [5, 5.41) is 3.96. The van der Waals surface area contributed by atoms with Gasteiger partial charge < -0.3 is 14.0 Å². The minimum Gasteiger partial charge on any atom is -0.497 e.